The molecule has 0 fully saturated rings. The number of carbonyl (C=O) groups is 3. The Morgan fingerprint density at radius 1 is 1.07 bits per heavy atom. The third-order valence-electron chi connectivity index (χ3n) is 3.63. The molecular weight excluding hydrogens is 380 g/mol. The number of halogens is 3. The van der Waals surface area contributed by atoms with Gasteiger partial charge in [0.15, 0.2) is 24.0 Å². The quantitative estimate of drug-likeness (QED) is 0.574. The van der Waals surface area contributed by atoms with Crippen LogP contribution in [0.3, 0.4) is 0 Å². The van der Waals surface area contributed by atoms with Crippen LogP contribution in [0.2, 0.25) is 5.02 Å². The van der Waals surface area contributed by atoms with E-state index in [1.807, 2.05) is 0 Å². The summed E-state index contributed by atoms with van der Waals surface area (Å²) in [6, 6.07) is 8.53. The zero-order valence-electron chi connectivity index (χ0n) is 14.3. The van der Waals surface area contributed by atoms with Crippen molar-refractivity contribution in [2.75, 3.05) is 6.61 Å². The van der Waals surface area contributed by atoms with Crippen molar-refractivity contribution in [3.05, 3.63) is 70.2 Å². The number of rotatable bonds is 7. The van der Waals surface area contributed by atoms with Crippen molar-refractivity contribution in [3.8, 4) is 0 Å². The Kier molecular flexibility index (Phi) is 7.01. The van der Waals surface area contributed by atoms with E-state index in [9.17, 15) is 23.2 Å². The van der Waals surface area contributed by atoms with E-state index in [1.165, 1.54) is 6.92 Å². The number of ketones is 1. The van der Waals surface area contributed by atoms with Crippen LogP contribution in [0, 0.1) is 11.6 Å². The average Bonchev–Trinajstić information content (AvgIpc) is 2.61. The molecule has 0 aliphatic carbocycles. The molecular formula is C19H16ClF2NO4. The standard InChI is InChI=1S/C19H16ClF2NO4/c1-11(24)23-17(12-2-5-14(20)6-3-12)9-19(26)27-10-18(25)13-4-7-15(21)16(22)8-13/h2-8,17H,9-10H2,1H3,(H,23,24). The molecule has 0 saturated heterocycles. The van der Waals surface area contributed by atoms with E-state index >= 15 is 0 Å². The van der Waals surface area contributed by atoms with Gasteiger partial charge in [-0.25, -0.2) is 8.78 Å². The first kappa shape index (κ1) is 20.5. The summed E-state index contributed by atoms with van der Waals surface area (Å²) < 4.78 is 31.0. The normalized spacial score (nSPS) is 11.6. The molecule has 2 aromatic rings. The summed E-state index contributed by atoms with van der Waals surface area (Å²) in [6.45, 7) is 0.679. The van der Waals surface area contributed by atoms with Gasteiger partial charge < -0.3 is 10.1 Å². The average molecular weight is 396 g/mol. The SMILES string of the molecule is CC(=O)NC(CC(=O)OCC(=O)c1ccc(F)c(F)c1)c1ccc(Cl)cc1. The molecule has 1 atom stereocenters. The molecule has 0 bridgehead atoms. The van der Waals surface area contributed by atoms with Gasteiger partial charge in [-0.3, -0.25) is 14.4 Å². The summed E-state index contributed by atoms with van der Waals surface area (Å²) in [5.41, 5.74) is 0.524. The van der Waals surface area contributed by atoms with E-state index in [2.05, 4.69) is 5.32 Å². The van der Waals surface area contributed by atoms with E-state index in [4.69, 9.17) is 16.3 Å². The molecule has 1 N–H and O–H groups in total. The third kappa shape index (κ3) is 6.14. The molecule has 0 aliphatic heterocycles. The molecule has 1 amide bonds. The Balaban J connectivity index is 1.98. The summed E-state index contributed by atoms with van der Waals surface area (Å²) in [5, 5.41) is 3.12. The molecule has 1 unspecified atom stereocenters. The summed E-state index contributed by atoms with van der Waals surface area (Å²) >= 11 is 5.82. The lowest BCUT2D eigenvalue weighted by molar-refractivity contribution is -0.143. The highest BCUT2D eigenvalue weighted by atomic mass is 35.5. The van der Waals surface area contributed by atoms with Crippen LogP contribution in [-0.4, -0.2) is 24.3 Å². The van der Waals surface area contributed by atoms with Gasteiger partial charge in [-0.2, -0.15) is 0 Å². The third-order valence-corrected chi connectivity index (χ3v) is 3.88. The van der Waals surface area contributed by atoms with Crippen LogP contribution in [0.4, 0.5) is 8.78 Å². The molecule has 0 radical (unpaired) electrons. The minimum atomic E-state index is -1.17. The van der Waals surface area contributed by atoms with E-state index in [1.54, 1.807) is 24.3 Å². The van der Waals surface area contributed by atoms with Crippen molar-refractivity contribution in [3.63, 3.8) is 0 Å². The Labute approximate surface area is 159 Å². The number of nitrogens with one attached hydrogen (secondary N) is 1. The number of esters is 1. The van der Waals surface area contributed by atoms with Crippen LogP contribution >= 0.6 is 11.6 Å². The second-order valence-corrected chi connectivity index (χ2v) is 6.16. The second-order valence-electron chi connectivity index (χ2n) is 5.72. The highest BCUT2D eigenvalue weighted by Crippen LogP contribution is 2.20. The maximum Gasteiger partial charge on any atom is 0.308 e. The largest absolute Gasteiger partial charge is 0.457 e. The van der Waals surface area contributed by atoms with Gasteiger partial charge in [-0.05, 0) is 35.9 Å². The number of benzene rings is 2. The topological polar surface area (TPSA) is 72.5 Å². The van der Waals surface area contributed by atoms with Crippen molar-refractivity contribution in [2.24, 2.45) is 0 Å². The van der Waals surface area contributed by atoms with Crippen LogP contribution in [0.15, 0.2) is 42.5 Å². The number of carbonyl (C=O) groups excluding carboxylic acids is 3. The predicted octanol–water partition coefficient (Wildman–Crippen LogP) is 3.61. The van der Waals surface area contributed by atoms with Gasteiger partial charge in [0.1, 0.15) is 0 Å². The Hall–Kier alpha value is -2.80. The monoisotopic (exact) mass is 395 g/mol. The van der Waals surface area contributed by atoms with Gasteiger partial charge in [0, 0.05) is 17.5 Å². The summed E-state index contributed by atoms with van der Waals surface area (Å²) in [6.07, 6.45) is -0.216. The molecule has 0 spiro atoms. The molecule has 0 aliphatic rings. The van der Waals surface area contributed by atoms with Crippen LogP contribution in [0.25, 0.3) is 0 Å². The maximum atomic E-state index is 13.2. The second kappa shape index (κ2) is 9.23. The fourth-order valence-electron chi connectivity index (χ4n) is 2.32. The molecule has 8 heteroatoms. The number of hydrogen-bond acceptors (Lipinski definition) is 4. The summed E-state index contributed by atoms with van der Waals surface area (Å²) in [4.78, 5) is 35.4. The molecule has 0 aromatic heterocycles. The van der Waals surface area contributed by atoms with Crippen molar-refractivity contribution < 1.29 is 27.9 Å². The molecule has 27 heavy (non-hydrogen) atoms. The Bertz CT molecular complexity index is 855. The summed E-state index contributed by atoms with van der Waals surface area (Å²) in [7, 11) is 0. The fourth-order valence-corrected chi connectivity index (χ4v) is 2.44. The van der Waals surface area contributed by atoms with Gasteiger partial charge in [0.2, 0.25) is 5.91 Å². The first-order valence-corrected chi connectivity index (χ1v) is 8.30. The number of Topliss-reactive ketones (excluding diaryl/α,β-unsaturated/α-hetero) is 1. The molecule has 5 nitrogen and oxygen atoms in total. The van der Waals surface area contributed by atoms with Crippen LogP contribution < -0.4 is 5.32 Å². The van der Waals surface area contributed by atoms with Gasteiger partial charge in [-0.15, -0.1) is 0 Å². The van der Waals surface area contributed by atoms with Crippen molar-refractivity contribution in [1.29, 1.82) is 0 Å². The minimum Gasteiger partial charge on any atom is -0.457 e. The van der Waals surface area contributed by atoms with Gasteiger partial charge >= 0.3 is 5.97 Å². The van der Waals surface area contributed by atoms with E-state index < -0.39 is 36.0 Å². The Morgan fingerprint density at radius 3 is 2.33 bits per heavy atom. The molecule has 2 rings (SSSR count). The highest BCUT2D eigenvalue weighted by molar-refractivity contribution is 6.30. The van der Waals surface area contributed by atoms with Crippen LogP contribution in [0.5, 0.6) is 0 Å². The maximum absolute atomic E-state index is 13.2. The summed E-state index contributed by atoms with van der Waals surface area (Å²) in [5.74, 6) is -4.00. The van der Waals surface area contributed by atoms with Gasteiger partial charge in [0.05, 0.1) is 12.5 Å². The molecule has 0 heterocycles. The fraction of sp³-hybridized carbons (Fsp3) is 0.211. The van der Waals surface area contributed by atoms with Crippen molar-refractivity contribution in [2.45, 2.75) is 19.4 Å². The molecule has 0 saturated carbocycles. The highest BCUT2D eigenvalue weighted by Gasteiger charge is 2.19. The Morgan fingerprint density at radius 2 is 1.74 bits per heavy atom. The molecule has 2 aromatic carbocycles. The number of hydrogen-bond donors (Lipinski definition) is 1. The predicted molar refractivity (Wildman–Crippen MR) is 94.3 cm³/mol. The van der Waals surface area contributed by atoms with Crippen LogP contribution in [-0.2, 0) is 14.3 Å². The zero-order chi connectivity index (χ0) is 20.0. The van der Waals surface area contributed by atoms with Gasteiger partial charge in [0.25, 0.3) is 0 Å². The number of ether oxygens (including phenoxy) is 1. The smallest absolute Gasteiger partial charge is 0.308 e. The lowest BCUT2D eigenvalue weighted by atomic mass is 10.0. The lowest BCUT2D eigenvalue weighted by Gasteiger charge is -2.17. The first-order chi connectivity index (χ1) is 12.8. The van der Waals surface area contributed by atoms with Crippen LogP contribution in [0.1, 0.15) is 35.3 Å². The van der Waals surface area contributed by atoms with Crippen molar-refractivity contribution >= 4 is 29.3 Å². The van der Waals surface area contributed by atoms with Crippen molar-refractivity contribution in [1.82, 2.24) is 5.32 Å². The zero-order valence-corrected chi connectivity index (χ0v) is 15.1. The first-order valence-electron chi connectivity index (χ1n) is 7.92. The van der Waals surface area contributed by atoms with E-state index in [-0.39, 0.29) is 17.9 Å². The van der Waals surface area contributed by atoms with E-state index in [0.29, 0.717) is 10.6 Å². The van der Waals surface area contributed by atoms with Gasteiger partial charge in [-0.1, -0.05) is 23.7 Å². The minimum absolute atomic E-state index is 0.113. The lowest BCUT2D eigenvalue weighted by Crippen LogP contribution is -2.29. The molecule has 142 valence electrons. The van der Waals surface area contributed by atoms with E-state index in [0.717, 1.165) is 18.2 Å². The number of amides is 1.